The Morgan fingerprint density at radius 3 is 2.33 bits per heavy atom. The summed E-state index contributed by atoms with van der Waals surface area (Å²) in [6.07, 6.45) is 0. The second-order valence-corrected chi connectivity index (χ2v) is 10.0. The van der Waals surface area contributed by atoms with Crippen LogP contribution in [-0.4, -0.2) is 77.0 Å². The number of rotatable bonds is 7. The summed E-state index contributed by atoms with van der Waals surface area (Å²) in [4.78, 5) is 7.16. The van der Waals surface area contributed by atoms with Crippen LogP contribution in [0, 0.1) is 0 Å². The third kappa shape index (κ3) is 7.49. The molecule has 0 aliphatic carbocycles. The second-order valence-electron chi connectivity index (χ2n) is 7.70. The zero-order chi connectivity index (χ0) is 18.2. The topological polar surface area (TPSA) is 66.0 Å². The first-order chi connectivity index (χ1) is 11.2. The monoisotopic (exact) mass is 360 g/mol. The summed E-state index contributed by atoms with van der Waals surface area (Å²) in [5, 5.41) is 6.57. The lowest BCUT2D eigenvalue weighted by atomic mass is 10.0. The van der Waals surface area contributed by atoms with Gasteiger partial charge in [0.2, 0.25) is 0 Å². The van der Waals surface area contributed by atoms with Gasteiger partial charge >= 0.3 is 0 Å². The highest BCUT2D eigenvalue weighted by Gasteiger charge is 2.28. The third-order valence-corrected chi connectivity index (χ3v) is 6.04. The fourth-order valence-electron chi connectivity index (χ4n) is 2.45. The number of nitrogens with zero attached hydrogens (tertiary/aromatic N) is 2. The molecule has 1 unspecified atom stereocenters. The molecule has 1 aliphatic heterocycles. The molecule has 0 aromatic heterocycles. The van der Waals surface area contributed by atoms with E-state index in [0.29, 0.717) is 18.8 Å². The number of aliphatic imine (C=N–C) groups is 1. The summed E-state index contributed by atoms with van der Waals surface area (Å²) in [5.41, 5.74) is 0.000358. The number of guanidine groups is 1. The summed E-state index contributed by atoms with van der Waals surface area (Å²) in [5.74, 6) is 1.42. The lowest BCUT2D eigenvalue weighted by Crippen LogP contribution is -2.52. The zero-order valence-corrected chi connectivity index (χ0v) is 17.1. The van der Waals surface area contributed by atoms with Gasteiger partial charge in [-0.2, -0.15) is 0 Å². The van der Waals surface area contributed by atoms with Crippen molar-refractivity contribution in [3.05, 3.63) is 0 Å². The molecule has 1 saturated heterocycles. The molecule has 2 N–H and O–H groups in total. The van der Waals surface area contributed by atoms with E-state index in [9.17, 15) is 4.21 Å². The SMILES string of the molecule is CCNC(=NCC(C)(C)N1CCOCC1)NCCS(=O)C(C)(C)C. The molecule has 0 radical (unpaired) electrons. The molecule has 7 heteroatoms. The highest BCUT2D eigenvalue weighted by Crippen LogP contribution is 2.16. The molecular weight excluding hydrogens is 324 g/mol. The maximum Gasteiger partial charge on any atom is 0.191 e. The minimum Gasteiger partial charge on any atom is -0.379 e. The molecule has 0 saturated carbocycles. The van der Waals surface area contributed by atoms with Gasteiger partial charge in [-0.25, -0.2) is 0 Å². The Kier molecular flexibility index (Phi) is 8.67. The first-order valence-corrected chi connectivity index (χ1v) is 10.2. The second kappa shape index (κ2) is 9.73. The predicted molar refractivity (Wildman–Crippen MR) is 103 cm³/mol. The Hall–Kier alpha value is -0.660. The molecule has 0 spiro atoms. The van der Waals surface area contributed by atoms with E-state index >= 15 is 0 Å². The summed E-state index contributed by atoms with van der Waals surface area (Å²) in [6.45, 7) is 18.2. The minimum absolute atomic E-state index is 0.000358. The molecule has 1 fully saturated rings. The predicted octanol–water partition coefficient (Wildman–Crippen LogP) is 1.20. The summed E-state index contributed by atoms with van der Waals surface area (Å²) in [6, 6.07) is 0. The quantitative estimate of drug-likeness (QED) is 0.527. The maximum atomic E-state index is 12.1. The normalized spacial score (nSPS) is 19.2. The van der Waals surface area contributed by atoms with E-state index in [2.05, 4.69) is 36.3 Å². The van der Waals surface area contributed by atoms with Crippen LogP contribution in [0.5, 0.6) is 0 Å². The van der Waals surface area contributed by atoms with Crippen LogP contribution in [0.4, 0.5) is 0 Å². The van der Waals surface area contributed by atoms with Crippen molar-refractivity contribution in [1.29, 1.82) is 0 Å². The van der Waals surface area contributed by atoms with E-state index in [4.69, 9.17) is 9.73 Å². The molecule has 1 heterocycles. The summed E-state index contributed by atoms with van der Waals surface area (Å²) >= 11 is 0. The minimum atomic E-state index is -0.850. The van der Waals surface area contributed by atoms with Crippen molar-refractivity contribution < 1.29 is 8.95 Å². The number of ether oxygens (including phenoxy) is 1. The lowest BCUT2D eigenvalue weighted by molar-refractivity contribution is -0.00683. The highest BCUT2D eigenvalue weighted by molar-refractivity contribution is 7.86. The van der Waals surface area contributed by atoms with Gasteiger partial charge in [-0.1, -0.05) is 0 Å². The van der Waals surface area contributed by atoms with Gasteiger partial charge in [0, 0.05) is 53.0 Å². The Labute approximate surface area is 150 Å². The van der Waals surface area contributed by atoms with Gasteiger partial charge in [-0.3, -0.25) is 14.1 Å². The first kappa shape index (κ1) is 21.4. The van der Waals surface area contributed by atoms with Gasteiger partial charge < -0.3 is 15.4 Å². The van der Waals surface area contributed by atoms with Crippen LogP contribution in [0.3, 0.4) is 0 Å². The average Bonchev–Trinajstić information content (AvgIpc) is 2.52. The fraction of sp³-hybridized carbons (Fsp3) is 0.941. The van der Waals surface area contributed by atoms with Crippen LogP contribution < -0.4 is 10.6 Å². The number of hydrogen-bond donors (Lipinski definition) is 2. The van der Waals surface area contributed by atoms with Crippen molar-refractivity contribution in [2.75, 3.05) is 51.7 Å². The molecule has 0 aromatic rings. The van der Waals surface area contributed by atoms with Crippen LogP contribution in [0.1, 0.15) is 41.5 Å². The number of nitrogens with one attached hydrogen (secondary N) is 2. The fourth-order valence-corrected chi connectivity index (χ4v) is 3.35. The van der Waals surface area contributed by atoms with Crippen molar-refractivity contribution in [3.8, 4) is 0 Å². The standard InChI is InChI=1S/C17H36N4O2S/c1-7-18-15(19-8-13-24(22)16(2,3)4)20-14-17(5,6)21-9-11-23-12-10-21/h7-14H2,1-6H3,(H2,18,19,20). The summed E-state index contributed by atoms with van der Waals surface area (Å²) in [7, 11) is -0.850. The van der Waals surface area contributed by atoms with Crippen LogP contribution in [-0.2, 0) is 15.5 Å². The van der Waals surface area contributed by atoms with Crippen molar-refractivity contribution in [2.24, 2.45) is 4.99 Å². The van der Waals surface area contributed by atoms with E-state index in [1.807, 2.05) is 20.8 Å². The molecule has 1 rings (SSSR count). The number of hydrogen-bond acceptors (Lipinski definition) is 4. The molecule has 1 aliphatic rings. The van der Waals surface area contributed by atoms with Gasteiger partial charge in [0.1, 0.15) is 0 Å². The van der Waals surface area contributed by atoms with Gasteiger partial charge in [0.25, 0.3) is 0 Å². The largest absolute Gasteiger partial charge is 0.379 e. The Morgan fingerprint density at radius 1 is 1.17 bits per heavy atom. The number of morpholine rings is 1. The van der Waals surface area contributed by atoms with E-state index in [1.54, 1.807) is 0 Å². The van der Waals surface area contributed by atoms with Crippen LogP contribution in [0.15, 0.2) is 4.99 Å². The first-order valence-electron chi connectivity index (χ1n) is 8.90. The van der Waals surface area contributed by atoms with Crippen LogP contribution >= 0.6 is 0 Å². The van der Waals surface area contributed by atoms with Crippen LogP contribution in [0.2, 0.25) is 0 Å². The maximum absolute atomic E-state index is 12.1. The molecule has 0 bridgehead atoms. The lowest BCUT2D eigenvalue weighted by Gasteiger charge is -2.39. The highest BCUT2D eigenvalue weighted by atomic mass is 32.2. The Bertz CT molecular complexity index is 427. The molecule has 1 atom stereocenters. The van der Waals surface area contributed by atoms with Crippen molar-refractivity contribution in [3.63, 3.8) is 0 Å². The third-order valence-electron chi connectivity index (χ3n) is 4.10. The van der Waals surface area contributed by atoms with E-state index in [-0.39, 0.29) is 10.3 Å². The molecule has 24 heavy (non-hydrogen) atoms. The molecule has 142 valence electrons. The molecular formula is C17H36N4O2S. The zero-order valence-electron chi connectivity index (χ0n) is 16.3. The Morgan fingerprint density at radius 2 is 1.79 bits per heavy atom. The van der Waals surface area contributed by atoms with Crippen molar-refractivity contribution in [1.82, 2.24) is 15.5 Å². The van der Waals surface area contributed by atoms with E-state index < -0.39 is 10.8 Å². The summed E-state index contributed by atoms with van der Waals surface area (Å²) < 4.78 is 17.4. The van der Waals surface area contributed by atoms with Crippen molar-refractivity contribution >= 4 is 16.8 Å². The van der Waals surface area contributed by atoms with Gasteiger partial charge in [-0.05, 0) is 41.5 Å². The smallest absolute Gasteiger partial charge is 0.191 e. The van der Waals surface area contributed by atoms with Crippen LogP contribution in [0.25, 0.3) is 0 Å². The van der Waals surface area contributed by atoms with Crippen molar-refractivity contribution in [2.45, 2.75) is 51.8 Å². The Balaban J connectivity index is 2.53. The van der Waals surface area contributed by atoms with E-state index in [1.165, 1.54) is 0 Å². The molecule has 0 aromatic carbocycles. The van der Waals surface area contributed by atoms with Gasteiger partial charge in [0.05, 0.1) is 19.8 Å². The molecule has 0 amide bonds. The van der Waals surface area contributed by atoms with E-state index in [0.717, 1.165) is 38.8 Å². The van der Waals surface area contributed by atoms with Gasteiger partial charge in [0.15, 0.2) is 5.96 Å². The van der Waals surface area contributed by atoms with Gasteiger partial charge in [-0.15, -0.1) is 0 Å². The molecule has 6 nitrogen and oxygen atoms in total. The average molecular weight is 361 g/mol.